The maximum absolute atomic E-state index is 14.5. The first-order chi connectivity index (χ1) is 16.0. The molecule has 0 radical (unpaired) electrons. The summed E-state index contributed by atoms with van der Waals surface area (Å²) in [5, 5.41) is 7.35. The number of halogens is 1. The maximum Gasteiger partial charge on any atom is 0.317 e. The Morgan fingerprint density at radius 3 is 3.06 bits per heavy atom. The van der Waals surface area contributed by atoms with E-state index in [4.69, 9.17) is 9.72 Å². The fourth-order valence-electron chi connectivity index (χ4n) is 5.39. The van der Waals surface area contributed by atoms with Crippen LogP contribution in [0.2, 0.25) is 0 Å². The Morgan fingerprint density at radius 1 is 1.33 bits per heavy atom. The molecule has 5 rings (SSSR count). The zero-order valence-corrected chi connectivity index (χ0v) is 19.3. The number of amides is 2. The first-order valence-electron chi connectivity index (χ1n) is 11.8. The summed E-state index contributed by atoms with van der Waals surface area (Å²) in [7, 11) is 0. The van der Waals surface area contributed by atoms with Crippen LogP contribution in [0.4, 0.5) is 15.0 Å². The summed E-state index contributed by atoms with van der Waals surface area (Å²) in [6, 6.07) is 1.93. The average molecular weight is 455 g/mol. The summed E-state index contributed by atoms with van der Waals surface area (Å²) in [6.45, 7) is 6.84. The normalized spacial score (nSPS) is 25.6. The number of ether oxygens (including phenoxy) is 1. The van der Waals surface area contributed by atoms with Crippen LogP contribution in [0, 0.1) is 5.41 Å². The van der Waals surface area contributed by atoms with E-state index in [2.05, 4.69) is 22.2 Å². The molecule has 2 aliphatic heterocycles. The van der Waals surface area contributed by atoms with Gasteiger partial charge in [-0.15, -0.1) is 0 Å². The number of rotatable bonds is 1. The second-order valence-corrected chi connectivity index (χ2v) is 9.27. The smallest absolute Gasteiger partial charge is 0.317 e. The second kappa shape index (κ2) is 8.68. The van der Waals surface area contributed by atoms with Crippen molar-refractivity contribution in [1.82, 2.24) is 24.8 Å². The van der Waals surface area contributed by atoms with Gasteiger partial charge in [-0.05, 0) is 44.4 Å². The molecule has 9 heteroatoms. The Bertz CT molecular complexity index is 1110. The molecule has 0 aromatic carbocycles. The van der Waals surface area contributed by atoms with Crippen LogP contribution >= 0.6 is 0 Å². The van der Waals surface area contributed by atoms with Crippen molar-refractivity contribution in [1.29, 1.82) is 0 Å². The Hall–Kier alpha value is -3.10. The van der Waals surface area contributed by atoms with E-state index in [9.17, 15) is 9.18 Å². The molecule has 2 unspecified atom stereocenters. The lowest BCUT2D eigenvalue weighted by Crippen LogP contribution is -2.46. The van der Waals surface area contributed by atoms with Gasteiger partial charge >= 0.3 is 6.03 Å². The fourth-order valence-corrected chi connectivity index (χ4v) is 5.39. The zero-order valence-electron chi connectivity index (χ0n) is 19.3. The van der Waals surface area contributed by atoms with E-state index in [0.717, 1.165) is 42.2 Å². The first-order valence-corrected chi connectivity index (χ1v) is 11.8. The summed E-state index contributed by atoms with van der Waals surface area (Å²) in [5.41, 5.74) is 1.15. The molecule has 2 aromatic rings. The van der Waals surface area contributed by atoms with Crippen LogP contribution in [-0.4, -0.2) is 57.8 Å². The van der Waals surface area contributed by atoms with E-state index in [-0.39, 0.29) is 17.9 Å². The third-order valence-electron chi connectivity index (χ3n) is 7.03. The first kappa shape index (κ1) is 21.7. The van der Waals surface area contributed by atoms with Crippen molar-refractivity contribution in [3.8, 4) is 0 Å². The van der Waals surface area contributed by atoms with Crippen molar-refractivity contribution in [2.45, 2.75) is 52.1 Å². The molecular weight excluding hydrogens is 423 g/mol. The number of aromatic nitrogens is 3. The molecule has 1 aliphatic carbocycles. The van der Waals surface area contributed by atoms with Gasteiger partial charge in [-0.25, -0.2) is 18.7 Å². The fraction of sp³-hybridized carbons (Fsp3) is 0.542. The van der Waals surface area contributed by atoms with Gasteiger partial charge in [0.25, 0.3) is 0 Å². The van der Waals surface area contributed by atoms with Gasteiger partial charge in [-0.2, -0.15) is 5.10 Å². The molecule has 3 aliphatic rings. The van der Waals surface area contributed by atoms with Crippen LogP contribution in [-0.2, 0) is 11.3 Å². The molecule has 2 amide bonds. The second-order valence-electron chi connectivity index (χ2n) is 9.27. The molecule has 2 atom stereocenters. The third kappa shape index (κ3) is 3.94. The SMILES string of the molecule is CCNC(=O)N1CCCOC2=CC=C(F)CC2(C)C2CCCN2c2ccn3ncc(c3n2)C1. The molecule has 0 saturated carbocycles. The minimum atomic E-state index is -0.490. The highest BCUT2D eigenvalue weighted by Gasteiger charge is 2.46. The number of carbonyl (C=O) groups is 1. The summed E-state index contributed by atoms with van der Waals surface area (Å²) in [6.07, 6.45) is 9.95. The Balaban J connectivity index is 1.58. The van der Waals surface area contributed by atoms with Gasteiger partial charge in [0.05, 0.1) is 24.8 Å². The van der Waals surface area contributed by atoms with Crippen molar-refractivity contribution >= 4 is 17.5 Å². The van der Waals surface area contributed by atoms with Gasteiger partial charge in [0.15, 0.2) is 5.65 Å². The van der Waals surface area contributed by atoms with Crippen LogP contribution in [0.25, 0.3) is 5.65 Å². The quantitative estimate of drug-likeness (QED) is 0.710. The molecule has 1 N–H and O–H groups in total. The van der Waals surface area contributed by atoms with Gasteiger partial charge < -0.3 is 19.9 Å². The highest BCUT2D eigenvalue weighted by Crippen LogP contribution is 2.47. The van der Waals surface area contributed by atoms with Gasteiger partial charge in [0, 0.05) is 43.9 Å². The average Bonchev–Trinajstić information content (AvgIpc) is 3.44. The number of fused-ring (bicyclic) bond motifs is 5. The van der Waals surface area contributed by atoms with E-state index >= 15 is 0 Å². The highest BCUT2D eigenvalue weighted by molar-refractivity contribution is 5.74. The lowest BCUT2D eigenvalue weighted by atomic mass is 9.73. The van der Waals surface area contributed by atoms with Gasteiger partial charge in [0.1, 0.15) is 17.4 Å². The topological polar surface area (TPSA) is 75.0 Å². The number of anilines is 1. The molecule has 2 aromatic heterocycles. The maximum atomic E-state index is 14.5. The third-order valence-corrected chi connectivity index (χ3v) is 7.03. The summed E-state index contributed by atoms with van der Waals surface area (Å²) in [4.78, 5) is 21.8. The number of urea groups is 1. The van der Waals surface area contributed by atoms with E-state index in [1.54, 1.807) is 21.7 Å². The Kier molecular flexibility index (Phi) is 5.72. The van der Waals surface area contributed by atoms with E-state index in [1.165, 1.54) is 6.08 Å². The van der Waals surface area contributed by atoms with Gasteiger partial charge in [-0.1, -0.05) is 6.92 Å². The molecule has 33 heavy (non-hydrogen) atoms. The number of nitrogens with zero attached hydrogens (tertiary/aromatic N) is 5. The molecule has 8 nitrogen and oxygen atoms in total. The highest BCUT2D eigenvalue weighted by atomic mass is 19.1. The van der Waals surface area contributed by atoms with E-state index in [1.807, 2.05) is 19.2 Å². The van der Waals surface area contributed by atoms with Crippen LogP contribution in [0.1, 0.15) is 45.1 Å². The van der Waals surface area contributed by atoms with Gasteiger partial charge in [-0.3, -0.25) is 0 Å². The summed E-state index contributed by atoms with van der Waals surface area (Å²) < 4.78 is 22.5. The molecule has 176 valence electrons. The van der Waals surface area contributed by atoms with Crippen LogP contribution < -0.4 is 10.2 Å². The monoisotopic (exact) mass is 454 g/mol. The van der Waals surface area contributed by atoms with Crippen molar-refractivity contribution in [2.75, 3.05) is 31.1 Å². The largest absolute Gasteiger partial charge is 0.497 e. The Morgan fingerprint density at radius 2 is 2.21 bits per heavy atom. The molecule has 1 fully saturated rings. The number of hydrogen-bond donors (Lipinski definition) is 1. The number of allylic oxidation sites excluding steroid dienone is 3. The van der Waals surface area contributed by atoms with Crippen LogP contribution in [0.5, 0.6) is 0 Å². The molecular formula is C24H31FN6O2. The molecule has 4 heterocycles. The Labute approximate surface area is 193 Å². The lowest BCUT2D eigenvalue weighted by Gasteiger charge is -2.43. The van der Waals surface area contributed by atoms with Crippen molar-refractivity contribution < 1.29 is 13.9 Å². The lowest BCUT2D eigenvalue weighted by molar-refractivity contribution is 0.102. The number of nitrogens with one attached hydrogen (secondary N) is 1. The van der Waals surface area contributed by atoms with Crippen molar-refractivity contribution in [3.63, 3.8) is 0 Å². The standard InChI is InChI=1S/C24H31FN6O2/c1-3-26-23(32)29-10-5-13-33-20-8-7-18(25)14-24(20,2)19-6-4-11-30(19)21-9-12-31-22(28-21)17(16-29)15-27-31/h7-9,12,15,19H,3-6,10-11,13-14,16H2,1-2H3,(H,26,32). The summed E-state index contributed by atoms with van der Waals surface area (Å²) >= 11 is 0. The van der Waals surface area contributed by atoms with Crippen molar-refractivity contribution in [3.05, 3.63) is 47.8 Å². The molecule has 1 saturated heterocycles. The minimum absolute atomic E-state index is 0.0827. The zero-order chi connectivity index (χ0) is 23.0. The number of carbonyl (C=O) groups excluding carboxylic acids is 1. The van der Waals surface area contributed by atoms with Crippen LogP contribution in [0.15, 0.2) is 42.2 Å². The van der Waals surface area contributed by atoms with E-state index in [0.29, 0.717) is 39.1 Å². The van der Waals surface area contributed by atoms with Crippen molar-refractivity contribution in [2.24, 2.45) is 5.41 Å². The minimum Gasteiger partial charge on any atom is -0.497 e. The predicted octanol–water partition coefficient (Wildman–Crippen LogP) is 3.80. The van der Waals surface area contributed by atoms with Crippen LogP contribution in [0.3, 0.4) is 0 Å². The molecule has 2 bridgehead atoms. The molecule has 0 spiro atoms. The van der Waals surface area contributed by atoms with Gasteiger partial charge in [0.2, 0.25) is 0 Å². The predicted molar refractivity (Wildman–Crippen MR) is 123 cm³/mol. The van der Waals surface area contributed by atoms with E-state index < -0.39 is 5.41 Å². The number of hydrogen-bond acceptors (Lipinski definition) is 5. The summed E-state index contributed by atoms with van der Waals surface area (Å²) in [5.74, 6) is 1.54.